The van der Waals surface area contributed by atoms with Gasteiger partial charge in [-0.05, 0) is 81.0 Å². The van der Waals surface area contributed by atoms with Crippen LogP contribution in [0.5, 0.6) is 0 Å². The molecule has 0 radical (unpaired) electrons. The third kappa shape index (κ3) is 5.58. The van der Waals surface area contributed by atoms with Gasteiger partial charge in [-0.1, -0.05) is 36.4 Å². The van der Waals surface area contributed by atoms with Gasteiger partial charge in [0.25, 0.3) is 11.8 Å². The van der Waals surface area contributed by atoms with Crippen molar-refractivity contribution in [2.24, 2.45) is 11.3 Å². The van der Waals surface area contributed by atoms with Crippen LogP contribution in [0.1, 0.15) is 61.9 Å². The molecule has 4 amide bonds. The summed E-state index contributed by atoms with van der Waals surface area (Å²) in [4.78, 5) is 55.6. The molecule has 4 N–H and O–H groups in total. The minimum absolute atomic E-state index is 0.0354. The highest BCUT2D eigenvalue weighted by molar-refractivity contribution is 6.02. The molecule has 7 rings (SSSR count). The van der Waals surface area contributed by atoms with Crippen LogP contribution in [0, 0.1) is 11.3 Å². The molecule has 10 nitrogen and oxygen atoms in total. The third-order valence-electron chi connectivity index (χ3n) is 9.95. The fraction of sp³-hybridized carbons (Fsp3) is 0.471. The van der Waals surface area contributed by atoms with Crippen LogP contribution in [0.4, 0.5) is 0 Å². The molecule has 1 aromatic heterocycles. The topological polar surface area (TPSA) is 133 Å². The monoisotopic (exact) mass is 597 g/mol. The lowest BCUT2D eigenvalue weighted by Crippen LogP contribution is -2.59. The Morgan fingerprint density at radius 3 is 2.45 bits per heavy atom. The zero-order chi connectivity index (χ0) is 30.4. The number of aliphatic hydroxyl groups excluding tert-OH is 1. The highest BCUT2D eigenvalue weighted by Gasteiger charge is 2.52. The van der Waals surface area contributed by atoms with Gasteiger partial charge in [-0.2, -0.15) is 0 Å². The van der Waals surface area contributed by atoms with Crippen LogP contribution < -0.4 is 16.0 Å². The number of amides is 4. The van der Waals surface area contributed by atoms with E-state index in [0.29, 0.717) is 31.6 Å². The van der Waals surface area contributed by atoms with Gasteiger partial charge in [-0.3, -0.25) is 19.2 Å². The molecule has 2 saturated carbocycles. The predicted octanol–water partition coefficient (Wildman–Crippen LogP) is 2.67. The Balaban J connectivity index is 1.18. The molecule has 44 heavy (non-hydrogen) atoms. The van der Waals surface area contributed by atoms with E-state index in [1.807, 2.05) is 65.2 Å². The number of aliphatic hydroxyl groups is 1. The fourth-order valence-electron chi connectivity index (χ4n) is 6.98. The maximum atomic E-state index is 14.4. The van der Waals surface area contributed by atoms with Crippen molar-refractivity contribution in [3.05, 3.63) is 66.4 Å². The van der Waals surface area contributed by atoms with Gasteiger partial charge in [-0.25, -0.2) is 0 Å². The maximum Gasteiger partial charge on any atom is 0.271 e. The van der Waals surface area contributed by atoms with Gasteiger partial charge in [0, 0.05) is 36.1 Å². The number of carbonyl (C=O) groups excluding carboxylic acids is 4. The summed E-state index contributed by atoms with van der Waals surface area (Å²) < 4.78 is 1.95. The van der Waals surface area contributed by atoms with E-state index in [2.05, 4.69) is 16.0 Å². The summed E-state index contributed by atoms with van der Waals surface area (Å²) >= 11 is 0. The van der Waals surface area contributed by atoms with Crippen LogP contribution in [0.2, 0.25) is 0 Å². The van der Waals surface area contributed by atoms with Crippen molar-refractivity contribution in [2.75, 3.05) is 13.1 Å². The van der Waals surface area contributed by atoms with E-state index in [0.717, 1.165) is 48.7 Å². The number of hydrogen-bond acceptors (Lipinski definition) is 5. The number of carbonyl (C=O) groups is 4. The molecule has 2 aromatic carbocycles. The SMILES string of the molecule is O=C(NC1CC1)C(O)C(C[C@@H]1CCNC1=O)NC(=O)[C@@H]1CC2(CCN1C(=O)c1cc3ccccc3n1-c1ccccc1)CC2. The average Bonchev–Trinajstić information content (AvgIpc) is 3.93. The smallest absolute Gasteiger partial charge is 0.271 e. The lowest BCUT2D eigenvalue weighted by atomic mass is 9.86. The van der Waals surface area contributed by atoms with Crippen LogP contribution >= 0.6 is 0 Å². The second-order valence-corrected chi connectivity index (χ2v) is 13.1. The first-order valence-electron chi connectivity index (χ1n) is 15.9. The molecule has 3 heterocycles. The molecule has 4 fully saturated rings. The largest absolute Gasteiger partial charge is 0.381 e. The molecule has 1 spiro atoms. The first-order valence-corrected chi connectivity index (χ1v) is 15.9. The molecule has 10 heteroatoms. The van der Waals surface area contributed by atoms with Gasteiger partial charge in [0.15, 0.2) is 6.10 Å². The number of piperidine rings is 1. The molecule has 2 saturated heterocycles. The van der Waals surface area contributed by atoms with Crippen molar-refractivity contribution < 1.29 is 24.3 Å². The van der Waals surface area contributed by atoms with Crippen LogP contribution in [0.15, 0.2) is 60.7 Å². The second-order valence-electron chi connectivity index (χ2n) is 13.1. The van der Waals surface area contributed by atoms with Crippen molar-refractivity contribution in [1.82, 2.24) is 25.4 Å². The van der Waals surface area contributed by atoms with E-state index in [9.17, 15) is 24.3 Å². The van der Waals surface area contributed by atoms with Gasteiger partial charge in [0.2, 0.25) is 11.8 Å². The Hall–Kier alpha value is -4.18. The molecule has 4 aliphatic rings. The number of fused-ring (bicyclic) bond motifs is 1. The van der Waals surface area contributed by atoms with Crippen LogP contribution in [0.25, 0.3) is 16.6 Å². The van der Waals surface area contributed by atoms with E-state index in [4.69, 9.17) is 0 Å². The molecule has 2 unspecified atom stereocenters. The van der Waals surface area contributed by atoms with Crippen LogP contribution in [-0.2, 0) is 14.4 Å². The molecule has 4 atom stereocenters. The van der Waals surface area contributed by atoms with Gasteiger partial charge in [0.05, 0.1) is 11.6 Å². The number of rotatable bonds is 9. The summed E-state index contributed by atoms with van der Waals surface area (Å²) in [6.07, 6.45) is 4.32. The zero-order valence-electron chi connectivity index (χ0n) is 24.7. The van der Waals surface area contributed by atoms with E-state index < -0.39 is 35.9 Å². The average molecular weight is 598 g/mol. The summed E-state index contributed by atoms with van der Waals surface area (Å²) in [5.41, 5.74) is 2.27. The highest BCUT2D eigenvalue weighted by Crippen LogP contribution is 2.55. The van der Waals surface area contributed by atoms with Crippen molar-refractivity contribution in [2.45, 2.75) is 75.6 Å². The molecule has 2 aliphatic heterocycles. The maximum absolute atomic E-state index is 14.4. The van der Waals surface area contributed by atoms with Gasteiger partial charge in [-0.15, -0.1) is 0 Å². The number of nitrogens with zero attached hydrogens (tertiary/aromatic N) is 2. The number of para-hydroxylation sites is 2. The van der Waals surface area contributed by atoms with E-state index in [1.54, 1.807) is 4.90 Å². The third-order valence-corrected chi connectivity index (χ3v) is 9.95. The molecular weight excluding hydrogens is 558 g/mol. The summed E-state index contributed by atoms with van der Waals surface area (Å²) in [5.74, 6) is -1.73. The van der Waals surface area contributed by atoms with Crippen LogP contribution in [-0.4, -0.2) is 75.5 Å². The second kappa shape index (κ2) is 11.4. The van der Waals surface area contributed by atoms with Crippen molar-refractivity contribution >= 4 is 34.5 Å². The molecule has 230 valence electrons. The lowest BCUT2D eigenvalue weighted by molar-refractivity contribution is -0.135. The Labute approximate surface area is 256 Å². The first-order chi connectivity index (χ1) is 21.3. The van der Waals surface area contributed by atoms with Gasteiger partial charge >= 0.3 is 0 Å². The quantitative estimate of drug-likeness (QED) is 0.301. The molecule has 3 aromatic rings. The highest BCUT2D eigenvalue weighted by atomic mass is 16.3. The first kappa shape index (κ1) is 28.6. The Kier molecular flexibility index (Phi) is 7.40. The lowest BCUT2D eigenvalue weighted by Gasteiger charge is -2.40. The summed E-state index contributed by atoms with van der Waals surface area (Å²) in [6, 6.07) is 17.8. The number of likely N-dealkylation sites (tertiary alicyclic amines) is 1. The standard InChI is InChI=1S/C34H39N5O5/c40-29(32(43)36-23-10-11-23)25(18-22-12-16-35-30(22)41)37-31(42)28-20-34(13-14-34)15-17-38(28)33(44)27-19-21-6-4-5-9-26(21)39(27)24-7-2-1-3-8-24/h1-9,19,22-23,25,28-29,40H,10-18,20H2,(H,35,41)(H,36,43)(H,37,42)/t22-,25?,28-,29?/m0/s1. The molecular formula is C34H39N5O5. The Morgan fingerprint density at radius 2 is 1.75 bits per heavy atom. The van der Waals surface area contributed by atoms with E-state index in [-0.39, 0.29) is 29.7 Å². The zero-order valence-corrected chi connectivity index (χ0v) is 24.7. The Morgan fingerprint density at radius 1 is 1.00 bits per heavy atom. The van der Waals surface area contributed by atoms with Crippen molar-refractivity contribution in [3.63, 3.8) is 0 Å². The summed E-state index contributed by atoms with van der Waals surface area (Å²) in [6.45, 7) is 0.963. The van der Waals surface area contributed by atoms with Crippen molar-refractivity contribution in [3.8, 4) is 5.69 Å². The number of nitrogens with one attached hydrogen (secondary N) is 3. The minimum Gasteiger partial charge on any atom is -0.381 e. The summed E-state index contributed by atoms with van der Waals surface area (Å²) in [7, 11) is 0. The van der Waals surface area contributed by atoms with E-state index in [1.165, 1.54) is 0 Å². The summed E-state index contributed by atoms with van der Waals surface area (Å²) in [5, 5.41) is 20.6. The van der Waals surface area contributed by atoms with E-state index >= 15 is 0 Å². The van der Waals surface area contributed by atoms with Gasteiger partial charge < -0.3 is 30.5 Å². The number of hydrogen-bond donors (Lipinski definition) is 4. The normalized spacial score (nSPS) is 23.7. The molecule has 0 bridgehead atoms. The van der Waals surface area contributed by atoms with Crippen LogP contribution in [0.3, 0.4) is 0 Å². The van der Waals surface area contributed by atoms with Gasteiger partial charge in [0.1, 0.15) is 11.7 Å². The fourth-order valence-corrected chi connectivity index (χ4v) is 6.98. The molecule has 2 aliphatic carbocycles. The van der Waals surface area contributed by atoms with Crippen molar-refractivity contribution in [1.29, 1.82) is 0 Å². The minimum atomic E-state index is -1.50. The Bertz CT molecular complexity index is 1590. The predicted molar refractivity (Wildman–Crippen MR) is 164 cm³/mol. The number of aromatic nitrogens is 1. The number of benzene rings is 2.